The van der Waals surface area contributed by atoms with Crippen molar-refractivity contribution in [3.63, 3.8) is 0 Å². The SMILES string of the molecule is CCn1[nH]nc2cc3c(=O)ncnc3cc21. The topological polar surface area (TPSA) is 76.5 Å². The van der Waals surface area contributed by atoms with Crippen LogP contribution in [0.25, 0.3) is 21.9 Å². The van der Waals surface area contributed by atoms with E-state index in [9.17, 15) is 4.79 Å². The van der Waals surface area contributed by atoms with E-state index in [0.717, 1.165) is 17.6 Å². The van der Waals surface area contributed by atoms with E-state index >= 15 is 0 Å². The average molecular weight is 215 g/mol. The third-order valence-electron chi connectivity index (χ3n) is 2.59. The molecule has 16 heavy (non-hydrogen) atoms. The van der Waals surface area contributed by atoms with Gasteiger partial charge in [0, 0.05) is 6.54 Å². The number of aromatic amines is 1. The van der Waals surface area contributed by atoms with Crippen LogP contribution in [0.2, 0.25) is 0 Å². The normalized spacial score (nSPS) is 11.3. The van der Waals surface area contributed by atoms with Gasteiger partial charge < -0.3 is 0 Å². The van der Waals surface area contributed by atoms with Gasteiger partial charge >= 0.3 is 0 Å². The van der Waals surface area contributed by atoms with Gasteiger partial charge in [-0.25, -0.2) is 10.2 Å². The quantitative estimate of drug-likeness (QED) is 0.647. The zero-order valence-corrected chi connectivity index (χ0v) is 8.64. The van der Waals surface area contributed by atoms with E-state index in [1.165, 1.54) is 6.33 Å². The fraction of sp³-hybridized carbons (Fsp3) is 0.200. The lowest BCUT2D eigenvalue weighted by Gasteiger charge is -1.98. The molecule has 1 aromatic carbocycles. The number of nitrogens with one attached hydrogen (secondary N) is 1. The van der Waals surface area contributed by atoms with Gasteiger partial charge in [-0.1, -0.05) is 0 Å². The van der Waals surface area contributed by atoms with Crippen molar-refractivity contribution in [2.75, 3.05) is 0 Å². The van der Waals surface area contributed by atoms with E-state index in [1.54, 1.807) is 6.07 Å². The Bertz CT molecular complexity index is 727. The fourth-order valence-corrected chi connectivity index (χ4v) is 1.77. The largest absolute Gasteiger partial charge is 0.280 e. The molecule has 0 unspecified atom stereocenters. The summed E-state index contributed by atoms with van der Waals surface area (Å²) in [6.45, 7) is 2.80. The van der Waals surface area contributed by atoms with Gasteiger partial charge in [-0.15, -0.1) is 0 Å². The van der Waals surface area contributed by atoms with E-state index in [0.29, 0.717) is 10.9 Å². The maximum atomic E-state index is 11.5. The minimum atomic E-state index is -0.266. The predicted octanol–water partition coefficient (Wildman–Crippen LogP) is 0.688. The number of nitrogens with zero attached hydrogens (tertiary/aromatic N) is 4. The molecule has 6 nitrogen and oxygen atoms in total. The molecular formula is C10H9N5O. The van der Waals surface area contributed by atoms with Crippen molar-refractivity contribution in [1.29, 1.82) is 0 Å². The van der Waals surface area contributed by atoms with Crippen molar-refractivity contribution < 1.29 is 0 Å². The molecule has 0 amide bonds. The van der Waals surface area contributed by atoms with Crippen molar-refractivity contribution in [1.82, 2.24) is 25.0 Å². The first-order chi connectivity index (χ1) is 7.79. The Hall–Kier alpha value is -2.24. The Labute approximate surface area is 89.9 Å². The molecule has 0 aliphatic rings. The second-order valence-corrected chi connectivity index (χ2v) is 3.49. The van der Waals surface area contributed by atoms with Crippen molar-refractivity contribution in [3.05, 3.63) is 28.8 Å². The molecule has 1 N–H and O–H groups in total. The fourth-order valence-electron chi connectivity index (χ4n) is 1.77. The highest BCUT2D eigenvalue weighted by Gasteiger charge is 2.06. The Kier molecular flexibility index (Phi) is 1.76. The van der Waals surface area contributed by atoms with Crippen LogP contribution >= 0.6 is 0 Å². The summed E-state index contributed by atoms with van der Waals surface area (Å²) in [5.74, 6) is 0. The van der Waals surface area contributed by atoms with Crippen LogP contribution in [0, 0.1) is 0 Å². The molecule has 0 saturated carbocycles. The molecule has 3 aromatic rings. The number of aromatic nitrogens is 5. The first-order valence-electron chi connectivity index (χ1n) is 4.99. The monoisotopic (exact) mass is 215 g/mol. The third-order valence-corrected chi connectivity index (χ3v) is 2.59. The van der Waals surface area contributed by atoms with Crippen LogP contribution in [-0.4, -0.2) is 25.0 Å². The molecule has 2 aromatic heterocycles. The molecule has 0 spiro atoms. The first kappa shape index (κ1) is 9.02. The minimum absolute atomic E-state index is 0.266. The number of rotatable bonds is 1. The molecule has 0 aliphatic heterocycles. The average Bonchev–Trinajstić information content (AvgIpc) is 2.69. The highest BCUT2D eigenvalue weighted by Crippen LogP contribution is 2.16. The van der Waals surface area contributed by atoms with Gasteiger partial charge in [0.25, 0.3) is 5.56 Å². The summed E-state index contributed by atoms with van der Waals surface area (Å²) in [7, 11) is 0. The highest BCUT2D eigenvalue weighted by molar-refractivity contribution is 5.92. The van der Waals surface area contributed by atoms with Crippen molar-refractivity contribution in [2.24, 2.45) is 0 Å². The lowest BCUT2D eigenvalue weighted by molar-refractivity contribution is 0.646. The molecule has 2 heterocycles. The van der Waals surface area contributed by atoms with E-state index in [4.69, 9.17) is 0 Å². The van der Waals surface area contributed by atoms with Crippen LogP contribution < -0.4 is 5.56 Å². The number of H-pyrrole nitrogens is 1. The van der Waals surface area contributed by atoms with Crippen LogP contribution in [0.4, 0.5) is 0 Å². The Morgan fingerprint density at radius 3 is 3.00 bits per heavy atom. The maximum Gasteiger partial charge on any atom is 0.280 e. The van der Waals surface area contributed by atoms with E-state index < -0.39 is 0 Å². The molecule has 80 valence electrons. The summed E-state index contributed by atoms with van der Waals surface area (Å²) < 4.78 is 1.89. The smallest absolute Gasteiger partial charge is 0.270 e. The minimum Gasteiger partial charge on any atom is -0.270 e. The molecule has 0 atom stereocenters. The van der Waals surface area contributed by atoms with Crippen molar-refractivity contribution in [3.8, 4) is 0 Å². The standard InChI is InChI=1S/C10H9N5O/c1-2-15-9-4-7-6(3-8(9)13-14-15)10(16)12-5-11-7/h3-5,14H,2H2,1H3. The molecular weight excluding hydrogens is 206 g/mol. The van der Waals surface area contributed by atoms with Gasteiger partial charge in [0.15, 0.2) is 0 Å². The number of benzene rings is 1. The van der Waals surface area contributed by atoms with Gasteiger partial charge in [-0.05, 0) is 19.1 Å². The highest BCUT2D eigenvalue weighted by atomic mass is 16.1. The number of aryl methyl sites for hydroxylation is 1. The Morgan fingerprint density at radius 2 is 2.19 bits per heavy atom. The van der Waals surface area contributed by atoms with Gasteiger partial charge in [-0.2, -0.15) is 10.1 Å². The molecule has 0 saturated heterocycles. The van der Waals surface area contributed by atoms with Crippen LogP contribution in [0.5, 0.6) is 0 Å². The van der Waals surface area contributed by atoms with Crippen molar-refractivity contribution in [2.45, 2.75) is 13.5 Å². The number of hydrogen-bond acceptors (Lipinski definition) is 4. The molecule has 0 aliphatic carbocycles. The summed E-state index contributed by atoms with van der Waals surface area (Å²) in [6, 6.07) is 3.57. The van der Waals surface area contributed by atoms with Crippen LogP contribution in [0.15, 0.2) is 23.3 Å². The first-order valence-corrected chi connectivity index (χ1v) is 4.99. The lowest BCUT2D eigenvalue weighted by atomic mass is 10.2. The molecule has 0 bridgehead atoms. The zero-order valence-electron chi connectivity index (χ0n) is 8.64. The molecule has 0 fully saturated rings. The van der Waals surface area contributed by atoms with Crippen molar-refractivity contribution >= 4 is 21.9 Å². The van der Waals surface area contributed by atoms with E-state index in [-0.39, 0.29) is 5.56 Å². The van der Waals surface area contributed by atoms with E-state index in [2.05, 4.69) is 20.3 Å². The summed E-state index contributed by atoms with van der Waals surface area (Å²) in [5, 5.41) is 7.50. The second kappa shape index (κ2) is 3.13. The Balaban J connectivity index is 2.51. The summed E-state index contributed by atoms with van der Waals surface area (Å²) in [5.41, 5.74) is 2.07. The molecule has 0 radical (unpaired) electrons. The van der Waals surface area contributed by atoms with Gasteiger partial charge in [-0.3, -0.25) is 9.48 Å². The number of fused-ring (bicyclic) bond motifs is 2. The van der Waals surface area contributed by atoms with E-state index in [1.807, 2.05) is 17.7 Å². The number of hydrogen-bond donors (Lipinski definition) is 1. The second-order valence-electron chi connectivity index (χ2n) is 3.49. The van der Waals surface area contributed by atoms with Crippen LogP contribution in [0.3, 0.4) is 0 Å². The van der Waals surface area contributed by atoms with Gasteiger partial charge in [0.1, 0.15) is 11.8 Å². The summed E-state index contributed by atoms with van der Waals surface area (Å²) in [6.07, 6.45) is 1.28. The van der Waals surface area contributed by atoms with Gasteiger partial charge in [0.05, 0.1) is 16.4 Å². The van der Waals surface area contributed by atoms with Gasteiger partial charge in [0.2, 0.25) is 0 Å². The Morgan fingerprint density at radius 1 is 1.31 bits per heavy atom. The third kappa shape index (κ3) is 1.13. The predicted molar refractivity (Wildman–Crippen MR) is 59.1 cm³/mol. The molecule has 3 rings (SSSR count). The lowest BCUT2D eigenvalue weighted by Crippen LogP contribution is -2.06. The molecule has 6 heteroatoms. The zero-order chi connectivity index (χ0) is 11.1. The maximum absolute atomic E-state index is 11.5. The summed E-state index contributed by atoms with van der Waals surface area (Å²) in [4.78, 5) is 19.2. The summed E-state index contributed by atoms with van der Waals surface area (Å²) >= 11 is 0. The van der Waals surface area contributed by atoms with Crippen LogP contribution in [0.1, 0.15) is 6.92 Å². The van der Waals surface area contributed by atoms with Crippen LogP contribution in [-0.2, 0) is 6.54 Å².